The second-order valence-corrected chi connectivity index (χ2v) is 4.48. The van der Waals surface area contributed by atoms with Crippen molar-refractivity contribution in [3.05, 3.63) is 27.4 Å². The highest BCUT2D eigenvalue weighted by molar-refractivity contribution is 6.30. The van der Waals surface area contributed by atoms with Crippen LogP contribution >= 0.6 is 11.6 Å². The van der Waals surface area contributed by atoms with Crippen molar-refractivity contribution < 1.29 is 9.66 Å². The van der Waals surface area contributed by atoms with Gasteiger partial charge in [0.2, 0.25) is 0 Å². The Kier molecular flexibility index (Phi) is 3.44. The Labute approximate surface area is 103 Å². The van der Waals surface area contributed by atoms with E-state index in [1.807, 2.05) is 0 Å². The lowest BCUT2D eigenvalue weighted by Gasteiger charge is -2.33. The third kappa shape index (κ3) is 2.65. The number of hydrogen-bond donors (Lipinski definition) is 1. The monoisotopic (exact) mass is 257 g/mol. The molecule has 6 nitrogen and oxygen atoms in total. The van der Waals surface area contributed by atoms with Gasteiger partial charge in [-0.3, -0.25) is 10.1 Å². The van der Waals surface area contributed by atoms with Gasteiger partial charge >= 0.3 is 5.69 Å². The molecule has 92 valence electrons. The fourth-order valence-electron chi connectivity index (χ4n) is 1.76. The zero-order valence-corrected chi connectivity index (χ0v) is 9.76. The average Bonchev–Trinajstić information content (AvgIpc) is 2.24. The van der Waals surface area contributed by atoms with Gasteiger partial charge in [-0.2, -0.15) is 0 Å². The van der Waals surface area contributed by atoms with Crippen LogP contribution < -0.4 is 10.5 Å². The van der Waals surface area contributed by atoms with Crippen LogP contribution in [-0.2, 0) is 0 Å². The first-order valence-corrected chi connectivity index (χ1v) is 5.64. The van der Waals surface area contributed by atoms with E-state index in [1.54, 1.807) is 0 Å². The molecule has 2 N–H and O–H groups in total. The van der Waals surface area contributed by atoms with E-state index in [4.69, 9.17) is 22.1 Å². The van der Waals surface area contributed by atoms with E-state index < -0.39 is 4.92 Å². The van der Waals surface area contributed by atoms with Gasteiger partial charge in [0.1, 0.15) is 6.10 Å². The molecule has 1 aromatic rings. The summed E-state index contributed by atoms with van der Waals surface area (Å²) in [7, 11) is 0. The van der Waals surface area contributed by atoms with E-state index in [-0.39, 0.29) is 22.7 Å². The van der Waals surface area contributed by atoms with Gasteiger partial charge in [0.15, 0.2) is 0 Å². The minimum atomic E-state index is -0.548. The van der Waals surface area contributed by atoms with E-state index in [9.17, 15) is 10.1 Å². The molecular formula is C10H12ClN3O3. The van der Waals surface area contributed by atoms with Gasteiger partial charge in [-0.1, -0.05) is 11.6 Å². The van der Waals surface area contributed by atoms with Gasteiger partial charge in [0, 0.05) is 6.07 Å². The molecule has 0 radical (unpaired) electrons. The van der Waals surface area contributed by atoms with Crippen LogP contribution in [0.3, 0.4) is 0 Å². The Morgan fingerprint density at radius 2 is 2.35 bits per heavy atom. The van der Waals surface area contributed by atoms with Crippen LogP contribution in [0.15, 0.2) is 12.3 Å². The first kappa shape index (κ1) is 12.1. The maximum absolute atomic E-state index is 10.8. The summed E-state index contributed by atoms with van der Waals surface area (Å²) in [4.78, 5) is 14.1. The van der Waals surface area contributed by atoms with Crippen LogP contribution in [0.2, 0.25) is 5.02 Å². The molecule has 1 aliphatic rings. The summed E-state index contributed by atoms with van der Waals surface area (Å²) in [6, 6.07) is 1.24. The van der Waals surface area contributed by atoms with Crippen molar-refractivity contribution in [3.63, 3.8) is 0 Å². The lowest BCUT2D eigenvalue weighted by Crippen LogP contribution is -2.38. The van der Waals surface area contributed by atoms with Gasteiger partial charge in [0.25, 0.3) is 5.88 Å². The minimum absolute atomic E-state index is 0.0277. The number of nitro groups is 1. The highest BCUT2D eigenvalue weighted by atomic mass is 35.5. The Hall–Kier alpha value is -1.40. The number of rotatable bonds is 4. The van der Waals surface area contributed by atoms with E-state index in [2.05, 4.69) is 4.98 Å². The summed E-state index contributed by atoms with van der Waals surface area (Å²) in [6.07, 6.45) is 2.94. The molecule has 0 spiro atoms. The summed E-state index contributed by atoms with van der Waals surface area (Å²) in [5, 5.41) is 11.0. The number of pyridine rings is 1. The van der Waals surface area contributed by atoms with E-state index in [1.165, 1.54) is 12.3 Å². The van der Waals surface area contributed by atoms with E-state index in [0.717, 1.165) is 12.8 Å². The van der Waals surface area contributed by atoms with Crippen molar-refractivity contribution in [2.45, 2.75) is 18.9 Å². The molecule has 0 aliphatic heterocycles. The number of ether oxygens (including phenoxy) is 1. The summed E-state index contributed by atoms with van der Waals surface area (Å²) in [6.45, 7) is 0.621. The predicted molar refractivity (Wildman–Crippen MR) is 62.1 cm³/mol. The van der Waals surface area contributed by atoms with Gasteiger partial charge < -0.3 is 10.5 Å². The van der Waals surface area contributed by atoms with Crippen LogP contribution in [0.25, 0.3) is 0 Å². The summed E-state index contributed by atoms with van der Waals surface area (Å²) in [5.41, 5.74) is 5.29. The molecule has 0 bridgehead atoms. The second-order valence-electron chi connectivity index (χ2n) is 4.05. The van der Waals surface area contributed by atoms with E-state index >= 15 is 0 Å². The van der Waals surface area contributed by atoms with Crippen molar-refractivity contribution in [2.75, 3.05) is 6.54 Å². The third-order valence-corrected chi connectivity index (χ3v) is 3.01. The SMILES string of the molecule is NCC1CC(Oc2ncc(Cl)cc2[N+](=O)[O-])C1. The molecule has 1 heterocycles. The van der Waals surface area contributed by atoms with Crippen LogP contribution in [0.4, 0.5) is 5.69 Å². The lowest BCUT2D eigenvalue weighted by molar-refractivity contribution is -0.386. The van der Waals surface area contributed by atoms with Crippen molar-refractivity contribution in [3.8, 4) is 5.88 Å². The molecule has 0 unspecified atom stereocenters. The minimum Gasteiger partial charge on any atom is -0.469 e. The number of nitrogens with two attached hydrogens (primary N) is 1. The number of hydrogen-bond acceptors (Lipinski definition) is 5. The molecule has 0 saturated heterocycles. The fraction of sp³-hybridized carbons (Fsp3) is 0.500. The highest BCUT2D eigenvalue weighted by Crippen LogP contribution is 2.34. The number of halogens is 1. The Morgan fingerprint density at radius 3 is 2.94 bits per heavy atom. The molecule has 1 aliphatic carbocycles. The summed E-state index contributed by atoms with van der Waals surface area (Å²) in [5.74, 6) is 0.478. The first-order valence-electron chi connectivity index (χ1n) is 5.26. The Balaban J connectivity index is 2.08. The predicted octanol–water partition coefficient (Wildman–Crippen LogP) is 1.76. The normalized spacial score (nSPS) is 22.9. The number of nitrogens with zero attached hydrogens (tertiary/aromatic N) is 2. The smallest absolute Gasteiger partial charge is 0.332 e. The fourth-order valence-corrected chi connectivity index (χ4v) is 1.91. The van der Waals surface area contributed by atoms with Crippen molar-refractivity contribution >= 4 is 17.3 Å². The second kappa shape index (κ2) is 4.85. The van der Waals surface area contributed by atoms with E-state index in [0.29, 0.717) is 12.5 Å². The molecular weight excluding hydrogens is 246 g/mol. The maximum Gasteiger partial charge on any atom is 0.332 e. The molecule has 7 heteroatoms. The van der Waals surface area contributed by atoms with Gasteiger partial charge in [-0.25, -0.2) is 4.98 Å². The molecule has 1 aromatic heterocycles. The third-order valence-electron chi connectivity index (χ3n) is 2.80. The van der Waals surface area contributed by atoms with Gasteiger partial charge in [0.05, 0.1) is 16.1 Å². The molecule has 1 saturated carbocycles. The van der Waals surface area contributed by atoms with Crippen LogP contribution in [0, 0.1) is 16.0 Å². The largest absolute Gasteiger partial charge is 0.469 e. The standard InChI is InChI=1S/C10H12ClN3O3/c11-7-3-9(14(15)16)10(13-5-7)17-8-1-6(2-8)4-12/h3,5-6,8H,1-2,4,12H2. The highest BCUT2D eigenvalue weighted by Gasteiger charge is 2.32. The maximum atomic E-state index is 10.8. The summed E-state index contributed by atoms with van der Waals surface area (Å²) >= 11 is 5.65. The lowest BCUT2D eigenvalue weighted by atomic mass is 9.82. The molecule has 0 atom stereocenters. The van der Waals surface area contributed by atoms with Gasteiger partial charge in [-0.15, -0.1) is 0 Å². The zero-order valence-electron chi connectivity index (χ0n) is 9.01. The van der Waals surface area contributed by atoms with Crippen LogP contribution in [0.5, 0.6) is 5.88 Å². The van der Waals surface area contributed by atoms with Crippen molar-refractivity contribution in [1.82, 2.24) is 4.98 Å². The number of aromatic nitrogens is 1. The van der Waals surface area contributed by atoms with Gasteiger partial charge in [-0.05, 0) is 25.3 Å². The Morgan fingerprint density at radius 1 is 1.65 bits per heavy atom. The van der Waals surface area contributed by atoms with Crippen LogP contribution in [0.1, 0.15) is 12.8 Å². The first-order chi connectivity index (χ1) is 8.10. The topological polar surface area (TPSA) is 91.3 Å². The molecule has 0 aromatic carbocycles. The zero-order chi connectivity index (χ0) is 12.4. The van der Waals surface area contributed by atoms with Crippen LogP contribution in [-0.4, -0.2) is 22.6 Å². The molecule has 0 amide bonds. The summed E-state index contributed by atoms with van der Waals surface area (Å²) < 4.78 is 5.46. The average molecular weight is 258 g/mol. The Bertz CT molecular complexity index is 435. The van der Waals surface area contributed by atoms with Crippen molar-refractivity contribution in [1.29, 1.82) is 0 Å². The molecule has 17 heavy (non-hydrogen) atoms. The van der Waals surface area contributed by atoms with Crippen molar-refractivity contribution in [2.24, 2.45) is 11.7 Å². The molecule has 2 rings (SSSR count). The quantitative estimate of drug-likeness (QED) is 0.655. The molecule has 1 fully saturated rings.